The number of halogens is 3. The smallest absolute Gasteiger partial charge is 0.294 e. The second-order valence-corrected chi connectivity index (χ2v) is 8.97. The molecule has 0 saturated carbocycles. The van der Waals surface area contributed by atoms with E-state index in [1.165, 1.54) is 19.2 Å². The molecule has 2 aromatic carbocycles. The van der Waals surface area contributed by atoms with Gasteiger partial charge < -0.3 is 14.8 Å². The predicted molar refractivity (Wildman–Crippen MR) is 130 cm³/mol. The Balaban J connectivity index is 1.76. The molecule has 0 bridgehead atoms. The van der Waals surface area contributed by atoms with Crippen molar-refractivity contribution in [1.82, 2.24) is 4.90 Å². The highest BCUT2D eigenvalue weighted by molar-refractivity contribution is 14.1. The average Bonchev–Trinajstić information content (AvgIpc) is 2.98. The average molecular weight is 591 g/mol. The highest BCUT2D eigenvalue weighted by atomic mass is 127. The zero-order valence-corrected chi connectivity index (χ0v) is 20.6. The summed E-state index contributed by atoms with van der Waals surface area (Å²) in [7, 11) is 1.54. The van der Waals surface area contributed by atoms with Crippen LogP contribution in [0.25, 0.3) is 6.08 Å². The van der Waals surface area contributed by atoms with Gasteiger partial charge in [0.15, 0.2) is 11.5 Å². The second-order valence-electron chi connectivity index (χ2n) is 6.41. The quantitative estimate of drug-likeness (QED) is 0.354. The third-order valence-electron chi connectivity index (χ3n) is 4.21. The number of carbonyl (C=O) groups excluding carboxylic acids is 3. The largest absolute Gasteiger partial charge is 0.492 e. The first-order valence-electron chi connectivity index (χ1n) is 9.24. The van der Waals surface area contributed by atoms with Crippen molar-refractivity contribution < 1.29 is 28.2 Å². The molecule has 168 valence electrons. The van der Waals surface area contributed by atoms with Gasteiger partial charge in [-0.15, -0.1) is 0 Å². The maximum Gasteiger partial charge on any atom is 0.294 e. The molecule has 0 spiro atoms. The van der Waals surface area contributed by atoms with Gasteiger partial charge in [-0.1, -0.05) is 11.6 Å². The van der Waals surface area contributed by atoms with Crippen LogP contribution in [0.2, 0.25) is 5.02 Å². The van der Waals surface area contributed by atoms with Gasteiger partial charge >= 0.3 is 0 Å². The normalized spacial score (nSPS) is 14.8. The lowest BCUT2D eigenvalue weighted by atomic mass is 10.2. The van der Waals surface area contributed by atoms with Crippen LogP contribution in [0.3, 0.4) is 0 Å². The molecule has 1 N–H and O–H groups in total. The Morgan fingerprint density at radius 1 is 1.31 bits per heavy atom. The van der Waals surface area contributed by atoms with E-state index in [-0.39, 0.29) is 15.6 Å². The van der Waals surface area contributed by atoms with Crippen molar-refractivity contribution in [2.24, 2.45) is 0 Å². The van der Waals surface area contributed by atoms with Crippen molar-refractivity contribution in [2.45, 2.75) is 6.92 Å². The number of thioether (sulfide) groups is 1. The number of imide groups is 1. The number of hydrogen-bond donors (Lipinski definition) is 1. The van der Waals surface area contributed by atoms with Gasteiger partial charge in [-0.3, -0.25) is 19.3 Å². The van der Waals surface area contributed by atoms with E-state index in [9.17, 15) is 18.8 Å². The van der Waals surface area contributed by atoms with E-state index in [1.54, 1.807) is 18.2 Å². The molecule has 0 unspecified atom stereocenters. The molecule has 1 aliphatic heterocycles. The molecule has 1 fully saturated rings. The summed E-state index contributed by atoms with van der Waals surface area (Å²) >= 11 is 8.53. The Labute approximate surface area is 206 Å². The molecule has 0 aromatic heterocycles. The molecule has 1 saturated heterocycles. The van der Waals surface area contributed by atoms with Crippen LogP contribution in [-0.2, 0) is 9.59 Å². The van der Waals surface area contributed by atoms with E-state index >= 15 is 0 Å². The third-order valence-corrected chi connectivity index (χ3v) is 6.21. The van der Waals surface area contributed by atoms with Crippen LogP contribution in [-0.4, -0.2) is 42.2 Å². The Hall–Kier alpha value is -2.31. The Morgan fingerprint density at radius 3 is 2.72 bits per heavy atom. The lowest BCUT2D eigenvalue weighted by Crippen LogP contribution is -2.36. The van der Waals surface area contributed by atoms with Crippen LogP contribution in [0.5, 0.6) is 11.5 Å². The second kappa shape index (κ2) is 10.5. The molecule has 0 atom stereocenters. The molecular formula is C21H17ClFIN2O5S. The lowest BCUT2D eigenvalue weighted by Gasteiger charge is -2.13. The fraction of sp³-hybridized carbons (Fsp3) is 0.190. The fourth-order valence-electron chi connectivity index (χ4n) is 2.84. The number of amides is 3. The van der Waals surface area contributed by atoms with Crippen LogP contribution >= 0.6 is 46.0 Å². The van der Waals surface area contributed by atoms with Crippen molar-refractivity contribution in [3.8, 4) is 11.5 Å². The molecule has 0 aliphatic carbocycles. The zero-order valence-electron chi connectivity index (χ0n) is 16.9. The summed E-state index contributed by atoms with van der Waals surface area (Å²) in [5, 5.41) is 1.76. The summed E-state index contributed by atoms with van der Waals surface area (Å²) in [6, 6.07) is 7.18. The summed E-state index contributed by atoms with van der Waals surface area (Å²) in [4.78, 5) is 38.4. The first-order valence-corrected chi connectivity index (χ1v) is 11.5. The van der Waals surface area contributed by atoms with Crippen molar-refractivity contribution in [3.05, 3.63) is 55.2 Å². The molecule has 11 heteroatoms. The Bertz CT molecular complexity index is 1130. The molecule has 2 aromatic rings. The number of nitrogens with one attached hydrogen (secondary N) is 1. The maximum atomic E-state index is 13.3. The van der Waals surface area contributed by atoms with Gasteiger partial charge in [0.25, 0.3) is 11.1 Å². The number of carbonyl (C=O) groups is 3. The molecule has 1 aliphatic rings. The van der Waals surface area contributed by atoms with Crippen molar-refractivity contribution in [1.29, 1.82) is 0 Å². The van der Waals surface area contributed by atoms with Crippen LogP contribution in [0.15, 0.2) is 35.2 Å². The van der Waals surface area contributed by atoms with Gasteiger partial charge in [0.1, 0.15) is 12.4 Å². The minimum Gasteiger partial charge on any atom is -0.492 e. The highest BCUT2D eigenvalue weighted by Crippen LogP contribution is 2.37. The summed E-state index contributed by atoms with van der Waals surface area (Å²) in [5.74, 6) is -0.730. The van der Waals surface area contributed by atoms with Crippen LogP contribution in [0.1, 0.15) is 12.5 Å². The molecule has 1 heterocycles. The molecule has 7 nitrogen and oxygen atoms in total. The van der Waals surface area contributed by atoms with E-state index < -0.39 is 29.4 Å². The summed E-state index contributed by atoms with van der Waals surface area (Å²) in [5.41, 5.74) is 0.898. The van der Waals surface area contributed by atoms with Gasteiger partial charge in [-0.2, -0.15) is 0 Å². The number of ether oxygens (including phenoxy) is 2. The molecule has 3 amide bonds. The van der Waals surface area contributed by atoms with Crippen molar-refractivity contribution >= 4 is 74.8 Å². The topological polar surface area (TPSA) is 84.9 Å². The van der Waals surface area contributed by atoms with Gasteiger partial charge in [0, 0.05) is 5.69 Å². The monoisotopic (exact) mass is 590 g/mol. The number of anilines is 1. The van der Waals surface area contributed by atoms with E-state index in [2.05, 4.69) is 27.9 Å². The van der Waals surface area contributed by atoms with Crippen molar-refractivity contribution in [3.63, 3.8) is 0 Å². The van der Waals surface area contributed by atoms with Crippen LogP contribution < -0.4 is 14.8 Å². The zero-order chi connectivity index (χ0) is 23.4. The number of methoxy groups -OCH3 is 1. The fourth-order valence-corrected chi connectivity index (χ4v) is 4.70. The van der Waals surface area contributed by atoms with E-state index in [1.807, 2.05) is 6.92 Å². The minimum absolute atomic E-state index is 0.155. The summed E-state index contributed by atoms with van der Waals surface area (Å²) < 4.78 is 25.0. The van der Waals surface area contributed by atoms with Gasteiger partial charge in [-0.05, 0) is 83.2 Å². The molecule has 32 heavy (non-hydrogen) atoms. The number of nitrogens with zero attached hydrogens (tertiary/aromatic N) is 1. The lowest BCUT2D eigenvalue weighted by molar-refractivity contribution is -0.127. The Morgan fingerprint density at radius 2 is 2.06 bits per heavy atom. The van der Waals surface area contributed by atoms with E-state index in [0.29, 0.717) is 23.7 Å². The standard InChI is InChI=1S/C21H17ClFIN2O5S/c1-3-31-16-7-11(6-15(24)19(16)30-2)8-17-20(28)26(21(29)32-17)10-18(27)25-12-4-5-14(23)13(22)9-12/h4-9H,3,10H2,1-2H3,(H,25,27)/b17-8+. The number of benzene rings is 2. The first-order chi connectivity index (χ1) is 15.2. The van der Waals surface area contributed by atoms with Gasteiger partial charge in [0.2, 0.25) is 5.91 Å². The number of rotatable bonds is 7. The number of hydrogen-bond acceptors (Lipinski definition) is 6. The van der Waals surface area contributed by atoms with Gasteiger partial charge in [-0.25, -0.2) is 4.39 Å². The van der Waals surface area contributed by atoms with E-state index in [0.717, 1.165) is 26.3 Å². The van der Waals surface area contributed by atoms with Gasteiger partial charge in [0.05, 0.1) is 27.2 Å². The van der Waals surface area contributed by atoms with Crippen LogP contribution in [0.4, 0.5) is 14.9 Å². The van der Waals surface area contributed by atoms with Crippen LogP contribution in [0, 0.1) is 9.39 Å². The summed E-state index contributed by atoms with van der Waals surface area (Å²) in [6.45, 7) is 1.79. The first kappa shape index (κ1) is 24.3. The Kier molecular flexibility index (Phi) is 8.01. The maximum absolute atomic E-state index is 13.3. The SMILES string of the molecule is CCOc1cc(/C=C2/SC(=O)N(CC(=O)Nc3ccc(F)c(Cl)c3)C2=O)cc(I)c1OC. The molecular weight excluding hydrogens is 574 g/mol. The predicted octanol–water partition coefficient (Wildman–Crippen LogP) is 5.17. The third kappa shape index (κ3) is 5.54. The highest BCUT2D eigenvalue weighted by Gasteiger charge is 2.36. The summed E-state index contributed by atoms with van der Waals surface area (Å²) in [6.07, 6.45) is 1.56. The van der Waals surface area contributed by atoms with E-state index in [4.69, 9.17) is 21.1 Å². The van der Waals surface area contributed by atoms with Crippen molar-refractivity contribution in [2.75, 3.05) is 25.6 Å². The molecule has 3 rings (SSSR count). The molecule has 0 radical (unpaired) electrons. The minimum atomic E-state index is -0.624.